The third-order valence-electron chi connectivity index (χ3n) is 2.06. The number of nitrogens with zero attached hydrogens (tertiary/aromatic N) is 1. The average molecular weight is 211 g/mol. The summed E-state index contributed by atoms with van der Waals surface area (Å²) in [6.45, 7) is 1.80. The molecule has 1 aromatic carbocycles. The summed E-state index contributed by atoms with van der Waals surface area (Å²) >= 11 is 5.95. The highest BCUT2D eigenvalue weighted by atomic mass is 35.5. The molecule has 1 rings (SSSR count). The lowest BCUT2D eigenvalue weighted by Crippen LogP contribution is -2.02. The Morgan fingerprint density at radius 1 is 1.64 bits per heavy atom. The number of nitrogens with two attached hydrogens (primary N) is 1. The molecule has 0 heterocycles. The van der Waals surface area contributed by atoms with Crippen molar-refractivity contribution in [1.82, 2.24) is 0 Å². The Bertz CT molecular complexity index is 384. The first-order valence-electron chi connectivity index (χ1n) is 4.20. The van der Waals surface area contributed by atoms with Crippen LogP contribution in [0.5, 0.6) is 0 Å². The second-order valence-electron chi connectivity index (χ2n) is 3.16. The molecular formula is C10H11ClN2O. The largest absolute Gasteiger partial charge is 0.397 e. The van der Waals surface area contributed by atoms with Crippen molar-refractivity contribution in [3.05, 3.63) is 28.3 Å². The van der Waals surface area contributed by atoms with Gasteiger partial charge in [-0.3, -0.25) is 0 Å². The minimum atomic E-state index is -0.113. The van der Waals surface area contributed by atoms with Gasteiger partial charge in [0.1, 0.15) is 0 Å². The van der Waals surface area contributed by atoms with Crippen LogP contribution in [0.15, 0.2) is 12.1 Å². The van der Waals surface area contributed by atoms with Gasteiger partial charge in [-0.05, 0) is 17.7 Å². The molecule has 0 aliphatic heterocycles. The van der Waals surface area contributed by atoms with Crippen molar-refractivity contribution in [2.24, 2.45) is 0 Å². The average Bonchev–Trinajstić information content (AvgIpc) is 2.20. The molecule has 1 aromatic rings. The quantitative estimate of drug-likeness (QED) is 0.733. The van der Waals surface area contributed by atoms with Gasteiger partial charge in [-0.2, -0.15) is 5.26 Å². The second-order valence-corrected chi connectivity index (χ2v) is 3.54. The predicted molar refractivity (Wildman–Crippen MR) is 56.1 cm³/mol. The minimum Gasteiger partial charge on any atom is -0.397 e. The van der Waals surface area contributed by atoms with Crippen molar-refractivity contribution in [3.63, 3.8) is 0 Å². The summed E-state index contributed by atoms with van der Waals surface area (Å²) in [6.07, 6.45) is 0. The highest BCUT2D eigenvalue weighted by Gasteiger charge is 2.12. The normalized spacial score (nSPS) is 12.1. The van der Waals surface area contributed by atoms with Gasteiger partial charge >= 0.3 is 0 Å². The van der Waals surface area contributed by atoms with Crippen LogP contribution in [0, 0.1) is 11.3 Å². The van der Waals surface area contributed by atoms with Crippen molar-refractivity contribution in [3.8, 4) is 6.07 Å². The van der Waals surface area contributed by atoms with E-state index in [0.29, 0.717) is 21.8 Å². The molecule has 0 aliphatic rings. The van der Waals surface area contributed by atoms with Gasteiger partial charge in [0.25, 0.3) is 0 Å². The molecule has 0 fully saturated rings. The van der Waals surface area contributed by atoms with Crippen molar-refractivity contribution >= 4 is 17.3 Å². The lowest BCUT2D eigenvalue weighted by atomic mass is 9.99. The van der Waals surface area contributed by atoms with E-state index < -0.39 is 0 Å². The molecule has 0 bridgehead atoms. The SMILES string of the molecule is CC(CO)c1cc(C#N)cc(N)c1Cl. The molecule has 0 radical (unpaired) electrons. The summed E-state index contributed by atoms with van der Waals surface area (Å²) in [5.41, 5.74) is 7.17. The topological polar surface area (TPSA) is 70.0 Å². The summed E-state index contributed by atoms with van der Waals surface area (Å²) in [5, 5.41) is 18.1. The molecule has 0 aromatic heterocycles. The molecule has 3 N–H and O–H groups in total. The third kappa shape index (κ3) is 1.98. The van der Waals surface area contributed by atoms with Crippen molar-refractivity contribution < 1.29 is 5.11 Å². The molecule has 0 saturated carbocycles. The van der Waals surface area contributed by atoms with Gasteiger partial charge in [0.05, 0.1) is 22.3 Å². The van der Waals surface area contributed by atoms with Crippen molar-refractivity contribution in [2.45, 2.75) is 12.8 Å². The lowest BCUT2D eigenvalue weighted by molar-refractivity contribution is 0.273. The number of nitriles is 1. The molecule has 0 amide bonds. The van der Waals surface area contributed by atoms with Crippen LogP contribution < -0.4 is 5.73 Å². The molecule has 1 unspecified atom stereocenters. The highest BCUT2D eigenvalue weighted by molar-refractivity contribution is 6.34. The van der Waals surface area contributed by atoms with Crippen LogP contribution >= 0.6 is 11.6 Å². The van der Waals surface area contributed by atoms with Crippen molar-refractivity contribution in [1.29, 1.82) is 5.26 Å². The van der Waals surface area contributed by atoms with E-state index in [2.05, 4.69) is 0 Å². The number of hydrogen-bond donors (Lipinski definition) is 2. The first-order valence-corrected chi connectivity index (χ1v) is 4.57. The highest BCUT2D eigenvalue weighted by Crippen LogP contribution is 2.30. The van der Waals surface area contributed by atoms with E-state index in [9.17, 15) is 0 Å². The Balaban J connectivity index is 3.28. The van der Waals surface area contributed by atoms with Gasteiger partial charge in [0.2, 0.25) is 0 Å². The zero-order valence-electron chi connectivity index (χ0n) is 7.79. The summed E-state index contributed by atoms with van der Waals surface area (Å²) in [7, 11) is 0. The molecule has 0 spiro atoms. The Morgan fingerprint density at radius 3 is 2.79 bits per heavy atom. The molecular weight excluding hydrogens is 200 g/mol. The maximum absolute atomic E-state index is 8.98. The number of aliphatic hydroxyl groups is 1. The maximum atomic E-state index is 8.98. The van der Waals surface area contributed by atoms with E-state index in [1.807, 2.05) is 13.0 Å². The van der Waals surface area contributed by atoms with E-state index in [1.165, 1.54) is 6.07 Å². The first kappa shape index (κ1) is 10.8. The number of hydrogen-bond acceptors (Lipinski definition) is 3. The fourth-order valence-electron chi connectivity index (χ4n) is 1.19. The molecule has 0 aliphatic carbocycles. The number of rotatable bonds is 2. The number of benzene rings is 1. The number of anilines is 1. The molecule has 3 nitrogen and oxygen atoms in total. The van der Waals surface area contributed by atoms with Gasteiger partial charge in [-0.15, -0.1) is 0 Å². The molecule has 1 atom stereocenters. The van der Waals surface area contributed by atoms with E-state index in [4.69, 9.17) is 27.7 Å². The maximum Gasteiger partial charge on any atom is 0.0992 e. The van der Waals surface area contributed by atoms with E-state index in [-0.39, 0.29) is 12.5 Å². The number of halogens is 1. The zero-order valence-corrected chi connectivity index (χ0v) is 8.54. The minimum absolute atomic E-state index is 0.0198. The van der Waals surface area contributed by atoms with Gasteiger partial charge < -0.3 is 10.8 Å². The Morgan fingerprint density at radius 2 is 2.29 bits per heavy atom. The van der Waals surface area contributed by atoms with Crippen LogP contribution in [0.1, 0.15) is 24.0 Å². The van der Waals surface area contributed by atoms with E-state index >= 15 is 0 Å². The molecule has 0 saturated heterocycles. The fraction of sp³-hybridized carbons (Fsp3) is 0.300. The Labute approximate surface area is 87.7 Å². The van der Waals surface area contributed by atoms with Crippen molar-refractivity contribution in [2.75, 3.05) is 12.3 Å². The summed E-state index contributed by atoms with van der Waals surface area (Å²) in [6, 6.07) is 5.17. The van der Waals surface area contributed by atoms with Crippen LogP contribution in [0.4, 0.5) is 5.69 Å². The smallest absolute Gasteiger partial charge is 0.0992 e. The summed E-state index contributed by atoms with van der Waals surface area (Å²) in [4.78, 5) is 0. The predicted octanol–water partition coefficient (Wildman–Crippen LogP) is 1.89. The van der Waals surface area contributed by atoms with Crippen LogP contribution in [0.3, 0.4) is 0 Å². The number of nitrogen functional groups attached to an aromatic ring is 1. The second kappa shape index (κ2) is 4.32. The molecule has 74 valence electrons. The standard InChI is InChI=1S/C10H11ClN2O/c1-6(5-14)8-2-7(4-12)3-9(13)10(8)11/h2-3,6,14H,5,13H2,1H3. The van der Waals surface area contributed by atoms with Gasteiger partial charge in [-0.1, -0.05) is 18.5 Å². The lowest BCUT2D eigenvalue weighted by Gasteiger charge is -2.12. The van der Waals surface area contributed by atoms with Gasteiger partial charge in [-0.25, -0.2) is 0 Å². The number of aliphatic hydroxyl groups excluding tert-OH is 1. The van der Waals surface area contributed by atoms with E-state index in [0.717, 1.165) is 0 Å². The van der Waals surface area contributed by atoms with Gasteiger partial charge in [0, 0.05) is 12.5 Å². The zero-order chi connectivity index (χ0) is 10.7. The van der Waals surface area contributed by atoms with E-state index in [1.54, 1.807) is 6.07 Å². The Kier molecular flexibility index (Phi) is 3.34. The first-order chi connectivity index (χ1) is 6.60. The van der Waals surface area contributed by atoms with Crippen LogP contribution in [-0.2, 0) is 0 Å². The summed E-state index contributed by atoms with van der Waals surface area (Å²) < 4.78 is 0. The van der Waals surface area contributed by atoms with Crippen LogP contribution in [0.25, 0.3) is 0 Å². The fourth-order valence-corrected chi connectivity index (χ4v) is 1.49. The molecule has 4 heteroatoms. The van der Waals surface area contributed by atoms with Crippen LogP contribution in [-0.4, -0.2) is 11.7 Å². The third-order valence-corrected chi connectivity index (χ3v) is 2.50. The van der Waals surface area contributed by atoms with Gasteiger partial charge in [0.15, 0.2) is 0 Å². The van der Waals surface area contributed by atoms with Crippen LogP contribution in [0.2, 0.25) is 5.02 Å². The molecule has 14 heavy (non-hydrogen) atoms. The Hall–Kier alpha value is -1.24. The summed E-state index contributed by atoms with van der Waals surface area (Å²) in [5.74, 6) is -0.113. The monoisotopic (exact) mass is 210 g/mol.